The number of rotatable bonds is 8. The van der Waals surface area contributed by atoms with Crippen molar-refractivity contribution in [3.05, 3.63) is 54.6 Å². The minimum atomic E-state index is -3.02. The normalized spacial score (nSPS) is 11.7. The van der Waals surface area contributed by atoms with Gasteiger partial charge in [-0.1, -0.05) is 30.3 Å². The molecule has 0 aromatic heterocycles. The maximum absolute atomic E-state index is 12.4. The molecule has 138 valence electrons. The van der Waals surface area contributed by atoms with Gasteiger partial charge in [-0.25, -0.2) is 0 Å². The summed E-state index contributed by atoms with van der Waals surface area (Å²) in [5.41, 5.74) is 0.0689. The van der Waals surface area contributed by atoms with E-state index in [1.807, 2.05) is 30.3 Å². The van der Waals surface area contributed by atoms with Gasteiger partial charge >= 0.3 is 12.6 Å². The molecule has 2 rings (SSSR count). The van der Waals surface area contributed by atoms with Crippen LogP contribution in [0.5, 0.6) is 5.75 Å². The van der Waals surface area contributed by atoms with Crippen LogP contribution in [0.3, 0.4) is 0 Å². The summed E-state index contributed by atoms with van der Waals surface area (Å²) in [7, 11) is 0. The Labute approximate surface area is 153 Å². The number of benzene rings is 2. The maximum atomic E-state index is 12.4. The second kappa shape index (κ2) is 9.76. The van der Waals surface area contributed by atoms with E-state index in [4.69, 9.17) is 4.74 Å². The monoisotopic (exact) mass is 381 g/mol. The zero-order chi connectivity index (χ0) is 18.9. The van der Waals surface area contributed by atoms with E-state index in [9.17, 15) is 18.4 Å². The van der Waals surface area contributed by atoms with Crippen molar-refractivity contribution in [2.24, 2.45) is 0 Å². The summed E-state index contributed by atoms with van der Waals surface area (Å²) in [5.74, 6) is -1.33. The Morgan fingerprint density at radius 1 is 1.08 bits per heavy atom. The molecule has 0 aliphatic carbocycles. The zero-order valence-electron chi connectivity index (χ0n) is 13.9. The van der Waals surface area contributed by atoms with Crippen LogP contribution in [0.2, 0.25) is 0 Å². The molecule has 0 bridgehead atoms. The Bertz CT molecular complexity index is 743. The fraction of sp³-hybridized carbons (Fsp3) is 0.222. The summed E-state index contributed by atoms with van der Waals surface area (Å²) in [5, 5.41) is 2.41. The number of para-hydroxylation sites is 2. The Kier molecular flexibility index (Phi) is 7.40. The highest BCUT2D eigenvalue weighted by atomic mass is 32.2. The summed E-state index contributed by atoms with van der Waals surface area (Å²) < 4.78 is 34.2. The molecule has 2 aromatic rings. The predicted octanol–water partition coefficient (Wildman–Crippen LogP) is 3.95. The van der Waals surface area contributed by atoms with Crippen LogP contribution in [-0.2, 0) is 14.3 Å². The Morgan fingerprint density at radius 2 is 1.73 bits per heavy atom. The molecule has 1 N–H and O–H groups in total. The number of alkyl halides is 2. The predicted molar refractivity (Wildman–Crippen MR) is 94.4 cm³/mol. The molecule has 8 heteroatoms. The summed E-state index contributed by atoms with van der Waals surface area (Å²) in [6, 6.07) is 15.0. The van der Waals surface area contributed by atoms with Crippen molar-refractivity contribution in [1.82, 2.24) is 0 Å². The topological polar surface area (TPSA) is 64.6 Å². The van der Waals surface area contributed by atoms with Gasteiger partial charge in [0.05, 0.1) is 11.4 Å². The van der Waals surface area contributed by atoms with Crippen molar-refractivity contribution in [3.63, 3.8) is 0 Å². The molecule has 1 amide bonds. The summed E-state index contributed by atoms with van der Waals surface area (Å²) >= 11 is 1.29. The van der Waals surface area contributed by atoms with E-state index in [0.717, 1.165) is 4.90 Å². The number of hydrogen-bond acceptors (Lipinski definition) is 5. The molecule has 1 unspecified atom stereocenters. The van der Waals surface area contributed by atoms with Crippen LogP contribution < -0.4 is 10.1 Å². The molecule has 26 heavy (non-hydrogen) atoms. The number of thioether (sulfide) groups is 1. The standard InChI is InChI=1S/C18H17F2NO4S/c1-12(24-16(22)11-26-13-7-3-2-4-8-13)17(23)21-14-9-5-6-10-15(14)25-18(19)20/h2-10,12,18H,11H2,1H3,(H,21,23). The third kappa shape index (κ3) is 6.36. The molecule has 5 nitrogen and oxygen atoms in total. The van der Waals surface area contributed by atoms with Gasteiger partial charge in [-0.15, -0.1) is 11.8 Å². The second-order valence-corrected chi connectivity index (χ2v) is 6.15. The SMILES string of the molecule is CC(OC(=O)CSc1ccccc1)C(=O)Nc1ccccc1OC(F)F. The lowest BCUT2D eigenvalue weighted by atomic mass is 10.2. The first-order valence-corrected chi connectivity index (χ1v) is 8.66. The molecule has 0 heterocycles. The highest BCUT2D eigenvalue weighted by Gasteiger charge is 2.20. The molecular formula is C18H17F2NO4S. The lowest BCUT2D eigenvalue weighted by Crippen LogP contribution is -2.30. The van der Waals surface area contributed by atoms with Crippen molar-refractivity contribution in [2.75, 3.05) is 11.1 Å². The third-order valence-electron chi connectivity index (χ3n) is 3.14. The number of amides is 1. The van der Waals surface area contributed by atoms with Crippen LogP contribution in [0.15, 0.2) is 59.5 Å². The van der Waals surface area contributed by atoms with Crippen molar-refractivity contribution < 1.29 is 27.8 Å². The average molecular weight is 381 g/mol. The summed E-state index contributed by atoms with van der Waals surface area (Å²) in [6.45, 7) is -1.62. The molecule has 0 spiro atoms. The molecule has 0 saturated carbocycles. The number of anilines is 1. The lowest BCUT2D eigenvalue weighted by molar-refractivity contribution is -0.150. The first-order valence-electron chi connectivity index (χ1n) is 7.67. The van der Waals surface area contributed by atoms with Gasteiger partial charge in [-0.3, -0.25) is 9.59 Å². The van der Waals surface area contributed by atoms with Gasteiger partial charge in [-0.05, 0) is 31.2 Å². The minimum absolute atomic E-state index is 0.0483. The molecule has 0 aliphatic rings. The van der Waals surface area contributed by atoms with E-state index in [1.54, 1.807) is 6.07 Å². The maximum Gasteiger partial charge on any atom is 0.387 e. The van der Waals surface area contributed by atoms with Gasteiger partial charge in [-0.2, -0.15) is 8.78 Å². The van der Waals surface area contributed by atoms with Crippen LogP contribution in [0.25, 0.3) is 0 Å². The summed E-state index contributed by atoms with van der Waals surface area (Å²) in [6.07, 6.45) is -1.08. The van der Waals surface area contributed by atoms with E-state index < -0.39 is 24.6 Å². The number of ether oxygens (including phenoxy) is 2. The van der Waals surface area contributed by atoms with Crippen molar-refractivity contribution in [1.29, 1.82) is 0 Å². The number of carbonyl (C=O) groups is 2. The van der Waals surface area contributed by atoms with Gasteiger partial charge in [0.1, 0.15) is 5.75 Å². The molecule has 1 atom stereocenters. The number of nitrogens with one attached hydrogen (secondary N) is 1. The highest BCUT2D eigenvalue weighted by Crippen LogP contribution is 2.25. The lowest BCUT2D eigenvalue weighted by Gasteiger charge is -2.15. The van der Waals surface area contributed by atoms with Gasteiger partial charge < -0.3 is 14.8 Å². The molecule has 0 aliphatic heterocycles. The number of esters is 1. The van der Waals surface area contributed by atoms with Crippen LogP contribution in [0.4, 0.5) is 14.5 Å². The molecular weight excluding hydrogens is 364 g/mol. The van der Waals surface area contributed by atoms with Crippen LogP contribution >= 0.6 is 11.8 Å². The van der Waals surface area contributed by atoms with E-state index in [1.165, 1.54) is 36.9 Å². The smallest absolute Gasteiger partial charge is 0.387 e. The molecule has 2 aromatic carbocycles. The fourth-order valence-corrected chi connectivity index (χ4v) is 2.65. The number of halogens is 2. The van der Waals surface area contributed by atoms with Crippen LogP contribution in [-0.4, -0.2) is 30.3 Å². The zero-order valence-corrected chi connectivity index (χ0v) is 14.7. The average Bonchev–Trinajstić information content (AvgIpc) is 2.62. The number of carbonyl (C=O) groups excluding carboxylic acids is 2. The van der Waals surface area contributed by atoms with Crippen LogP contribution in [0.1, 0.15) is 6.92 Å². The van der Waals surface area contributed by atoms with Gasteiger partial charge in [0.2, 0.25) is 0 Å². The third-order valence-corrected chi connectivity index (χ3v) is 4.12. The second-order valence-electron chi connectivity index (χ2n) is 5.10. The quantitative estimate of drug-likeness (QED) is 0.554. The van der Waals surface area contributed by atoms with Crippen molar-refractivity contribution in [3.8, 4) is 5.75 Å². The Hall–Kier alpha value is -2.61. The van der Waals surface area contributed by atoms with Crippen molar-refractivity contribution in [2.45, 2.75) is 24.5 Å². The fourth-order valence-electron chi connectivity index (χ4n) is 1.95. The molecule has 0 radical (unpaired) electrons. The Morgan fingerprint density at radius 3 is 2.42 bits per heavy atom. The Balaban J connectivity index is 1.86. The number of hydrogen-bond donors (Lipinski definition) is 1. The van der Waals surface area contributed by atoms with Gasteiger partial charge in [0, 0.05) is 4.90 Å². The van der Waals surface area contributed by atoms with Gasteiger partial charge in [0.25, 0.3) is 5.91 Å². The minimum Gasteiger partial charge on any atom is -0.452 e. The van der Waals surface area contributed by atoms with Crippen molar-refractivity contribution >= 4 is 29.3 Å². The van der Waals surface area contributed by atoms with E-state index in [0.29, 0.717) is 0 Å². The first kappa shape index (κ1) is 19.7. The van der Waals surface area contributed by atoms with E-state index >= 15 is 0 Å². The van der Waals surface area contributed by atoms with Crippen LogP contribution in [0, 0.1) is 0 Å². The largest absolute Gasteiger partial charge is 0.452 e. The van der Waals surface area contributed by atoms with E-state index in [2.05, 4.69) is 10.1 Å². The first-order chi connectivity index (χ1) is 12.5. The van der Waals surface area contributed by atoms with E-state index in [-0.39, 0.29) is 17.2 Å². The summed E-state index contributed by atoms with van der Waals surface area (Å²) in [4.78, 5) is 24.9. The molecule has 0 fully saturated rings. The highest BCUT2D eigenvalue weighted by molar-refractivity contribution is 8.00. The van der Waals surface area contributed by atoms with Gasteiger partial charge in [0.15, 0.2) is 6.10 Å². The molecule has 0 saturated heterocycles.